The predicted octanol–water partition coefficient (Wildman–Crippen LogP) is 14.4. The van der Waals surface area contributed by atoms with Gasteiger partial charge in [-0.05, 0) is 12.8 Å². The SMILES string of the molecule is CCCCCCCCCCCCCCCCCCOP(=O)(CCCCCCCCCCCCCCCCCC)OC. The van der Waals surface area contributed by atoms with Crippen LogP contribution in [0, 0.1) is 0 Å². The van der Waals surface area contributed by atoms with Gasteiger partial charge in [0.2, 0.25) is 0 Å². The average Bonchev–Trinajstić information content (AvgIpc) is 2.98. The van der Waals surface area contributed by atoms with E-state index < -0.39 is 7.60 Å². The molecule has 1 unspecified atom stereocenters. The lowest BCUT2D eigenvalue weighted by molar-refractivity contribution is 0.228. The van der Waals surface area contributed by atoms with Crippen molar-refractivity contribution >= 4 is 7.60 Å². The van der Waals surface area contributed by atoms with Gasteiger partial charge in [-0.1, -0.05) is 206 Å². The molecule has 0 N–H and O–H groups in total. The Kier molecular flexibility index (Phi) is 34.8. The van der Waals surface area contributed by atoms with Crippen LogP contribution >= 0.6 is 7.60 Å². The molecule has 3 nitrogen and oxygen atoms in total. The summed E-state index contributed by atoms with van der Waals surface area (Å²) in [5.74, 6) is 0. The summed E-state index contributed by atoms with van der Waals surface area (Å²) in [7, 11) is -1.32. The van der Waals surface area contributed by atoms with E-state index in [2.05, 4.69) is 13.8 Å². The number of rotatable bonds is 36. The standard InChI is InChI=1S/C37H77O3P/c1-4-6-8-10-12-14-16-18-20-22-24-26-28-30-32-34-36-40-41(38,39-3)37-35-33-31-29-27-25-23-21-19-17-15-13-11-9-7-5-2/h4-37H2,1-3H3. The second-order valence-corrected chi connectivity index (χ2v) is 15.2. The van der Waals surface area contributed by atoms with Crippen molar-refractivity contribution in [2.24, 2.45) is 0 Å². The van der Waals surface area contributed by atoms with Crippen LogP contribution in [0.2, 0.25) is 0 Å². The van der Waals surface area contributed by atoms with E-state index in [0.717, 1.165) is 19.3 Å². The smallest absolute Gasteiger partial charge is 0.312 e. The van der Waals surface area contributed by atoms with Crippen LogP contribution in [-0.2, 0) is 13.6 Å². The molecular weight excluding hydrogens is 523 g/mol. The van der Waals surface area contributed by atoms with Gasteiger partial charge in [-0.25, -0.2) is 0 Å². The number of unbranched alkanes of at least 4 members (excludes halogenated alkanes) is 30. The van der Waals surface area contributed by atoms with Crippen molar-refractivity contribution in [1.82, 2.24) is 0 Å². The van der Waals surface area contributed by atoms with Gasteiger partial charge in [0.05, 0.1) is 12.8 Å². The van der Waals surface area contributed by atoms with Gasteiger partial charge in [0.15, 0.2) is 0 Å². The minimum Gasteiger partial charge on any atom is -0.312 e. The van der Waals surface area contributed by atoms with E-state index in [1.807, 2.05) is 0 Å². The fraction of sp³-hybridized carbons (Fsp3) is 1.00. The van der Waals surface area contributed by atoms with Crippen molar-refractivity contribution in [3.63, 3.8) is 0 Å². The van der Waals surface area contributed by atoms with Gasteiger partial charge in [0.1, 0.15) is 0 Å². The lowest BCUT2D eigenvalue weighted by atomic mass is 10.0. The molecule has 0 amide bonds. The molecule has 0 aliphatic carbocycles. The molecule has 0 saturated carbocycles. The second-order valence-electron chi connectivity index (χ2n) is 13.0. The Morgan fingerprint density at radius 3 is 0.878 bits per heavy atom. The van der Waals surface area contributed by atoms with Crippen molar-refractivity contribution in [3.8, 4) is 0 Å². The molecule has 41 heavy (non-hydrogen) atoms. The summed E-state index contributed by atoms with van der Waals surface area (Å²) < 4.78 is 23.9. The summed E-state index contributed by atoms with van der Waals surface area (Å²) in [4.78, 5) is 0. The van der Waals surface area contributed by atoms with Gasteiger partial charge in [-0.3, -0.25) is 4.57 Å². The fourth-order valence-corrected chi connectivity index (χ4v) is 7.35. The molecule has 1 atom stereocenters. The molecule has 0 rings (SSSR count). The summed E-state index contributed by atoms with van der Waals surface area (Å²) in [5, 5.41) is 0. The molecule has 0 bridgehead atoms. The summed E-state index contributed by atoms with van der Waals surface area (Å²) in [6.45, 7) is 5.17. The highest BCUT2D eigenvalue weighted by Gasteiger charge is 2.21. The third-order valence-electron chi connectivity index (χ3n) is 8.85. The molecule has 0 aromatic carbocycles. The maximum Gasteiger partial charge on any atom is 0.330 e. The van der Waals surface area contributed by atoms with Crippen molar-refractivity contribution < 1.29 is 13.6 Å². The van der Waals surface area contributed by atoms with Crippen molar-refractivity contribution in [1.29, 1.82) is 0 Å². The van der Waals surface area contributed by atoms with Crippen LogP contribution in [-0.4, -0.2) is 19.9 Å². The number of hydrogen-bond acceptors (Lipinski definition) is 3. The first-order valence-electron chi connectivity index (χ1n) is 19.0. The van der Waals surface area contributed by atoms with Gasteiger partial charge in [-0.15, -0.1) is 0 Å². The quantitative estimate of drug-likeness (QED) is 0.0530. The third-order valence-corrected chi connectivity index (χ3v) is 10.8. The average molecular weight is 601 g/mol. The van der Waals surface area contributed by atoms with Crippen molar-refractivity contribution in [2.75, 3.05) is 19.9 Å². The normalized spacial score (nSPS) is 13.1. The molecule has 248 valence electrons. The van der Waals surface area contributed by atoms with E-state index in [1.54, 1.807) is 7.11 Å². The van der Waals surface area contributed by atoms with E-state index in [9.17, 15) is 4.57 Å². The Labute approximate surface area is 260 Å². The van der Waals surface area contributed by atoms with Crippen molar-refractivity contribution in [2.45, 2.75) is 219 Å². The Hall–Kier alpha value is 0.150. The summed E-state index contributed by atoms with van der Waals surface area (Å²) >= 11 is 0. The van der Waals surface area contributed by atoms with E-state index in [-0.39, 0.29) is 0 Å². The van der Waals surface area contributed by atoms with Crippen LogP contribution in [0.4, 0.5) is 0 Å². The zero-order chi connectivity index (χ0) is 30.0. The summed E-state index contributed by atoms with van der Waals surface area (Å²) in [6.07, 6.45) is 44.0. The molecule has 0 aromatic heterocycles. The first kappa shape index (κ1) is 41.1. The third kappa shape index (κ3) is 32.9. The van der Waals surface area contributed by atoms with E-state index in [4.69, 9.17) is 9.05 Å². The molecule has 0 aromatic rings. The zero-order valence-electron chi connectivity index (χ0n) is 28.7. The monoisotopic (exact) mass is 601 g/mol. The highest BCUT2D eigenvalue weighted by atomic mass is 31.2. The molecule has 0 fully saturated rings. The molecular formula is C37H77O3P. The largest absolute Gasteiger partial charge is 0.330 e. The predicted molar refractivity (Wildman–Crippen MR) is 185 cm³/mol. The molecule has 0 heterocycles. The van der Waals surface area contributed by atoms with E-state index >= 15 is 0 Å². The minimum absolute atomic E-state index is 0.584. The van der Waals surface area contributed by atoms with Crippen LogP contribution < -0.4 is 0 Å². The maximum absolute atomic E-state index is 12.8. The second kappa shape index (κ2) is 34.6. The first-order valence-corrected chi connectivity index (χ1v) is 20.7. The van der Waals surface area contributed by atoms with E-state index in [1.165, 1.54) is 186 Å². The zero-order valence-corrected chi connectivity index (χ0v) is 29.6. The summed E-state index contributed by atoms with van der Waals surface area (Å²) in [6, 6.07) is 0. The Morgan fingerprint density at radius 2 is 0.610 bits per heavy atom. The van der Waals surface area contributed by atoms with Crippen LogP contribution in [0.25, 0.3) is 0 Å². The van der Waals surface area contributed by atoms with Gasteiger partial charge >= 0.3 is 7.60 Å². The van der Waals surface area contributed by atoms with Crippen molar-refractivity contribution in [3.05, 3.63) is 0 Å². The van der Waals surface area contributed by atoms with Crippen LogP contribution in [0.3, 0.4) is 0 Å². The Bertz CT molecular complexity index is 524. The van der Waals surface area contributed by atoms with Crippen LogP contribution in [0.15, 0.2) is 0 Å². The Balaban J connectivity index is 3.38. The minimum atomic E-state index is -2.88. The van der Waals surface area contributed by atoms with Gasteiger partial charge in [0, 0.05) is 7.11 Å². The topological polar surface area (TPSA) is 35.5 Å². The Morgan fingerprint density at radius 1 is 0.366 bits per heavy atom. The first-order chi connectivity index (χ1) is 20.2. The van der Waals surface area contributed by atoms with Gasteiger partial charge < -0.3 is 9.05 Å². The van der Waals surface area contributed by atoms with Crippen LogP contribution in [0.1, 0.15) is 219 Å². The number of hydrogen-bond donors (Lipinski definition) is 0. The van der Waals surface area contributed by atoms with Crippen LogP contribution in [0.5, 0.6) is 0 Å². The highest BCUT2D eigenvalue weighted by Crippen LogP contribution is 2.48. The highest BCUT2D eigenvalue weighted by molar-refractivity contribution is 7.53. The lowest BCUT2D eigenvalue weighted by Gasteiger charge is -2.16. The summed E-state index contributed by atoms with van der Waals surface area (Å²) in [5.41, 5.74) is 0. The lowest BCUT2D eigenvalue weighted by Crippen LogP contribution is -2.00. The molecule has 0 saturated heterocycles. The van der Waals surface area contributed by atoms with Gasteiger partial charge in [-0.2, -0.15) is 0 Å². The molecule has 4 heteroatoms. The maximum atomic E-state index is 12.8. The van der Waals surface area contributed by atoms with E-state index in [0.29, 0.717) is 12.8 Å². The molecule has 0 aliphatic heterocycles. The molecule has 0 aliphatic rings. The fourth-order valence-electron chi connectivity index (χ4n) is 5.92. The molecule has 0 spiro atoms. The van der Waals surface area contributed by atoms with Gasteiger partial charge in [0.25, 0.3) is 0 Å². The molecule has 0 radical (unpaired) electrons.